The predicted octanol–water partition coefficient (Wildman–Crippen LogP) is 3.89. The van der Waals surface area contributed by atoms with Gasteiger partial charge in [-0.1, -0.05) is 53.8 Å². The topological polar surface area (TPSA) is 78.9 Å². The highest BCUT2D eigenvalue weighted by Crippen LogP contribution is 2.34. The Morgan fingerprint density at radius 3 is 2.86 bits per heavy atom. The van der Waals surface area contributed by atoms with Crippen molar-refractivity contribution >= 4 is 63.5 Å². The van der Waals surface area contributed by atoms with Crippen molar-refractivity contribution in [3.8, 4) is 11.5 Å². The van der Waals surface area contributed by atoms with Crippen molar-refractivity contribution in [2.24, 2.45) is 0 Å². The number of halogens is 1. The molecule has 2 N–H and O–H groups in total. The molecule has 1 saturated heterocycles. The number of thiocarbonyl (C=S) groups is 1. The maximum Gasteiger partial charge on any atom is 0.266 e. The number of nitrogens with one attached hydrogen (secondary N) is 1. The third kappa shape index (κ3) is 4.46. The van der Waals surface area contributed by atoms with Crippen molar-refractivity contribution in [3.05, 3.63) is 58.0 Å². The summed E-state index contributed by atoms with van der Waals surface area (Å²) in [6.07, 6.45) is 1.68. The van der Waals surface area contributed by atoms with E-state index in [2.05, 4.69) is 5.32 Å². The van der Waals surface area contributed by atoms with Gasteiger partial charge >= 0.3 is 0 Å². The maximum absolute atomic E-state index is 12.7. The Labute approximate surface area is 176 Å². The molecule has 0 bridgehead atoms. The quantitative estimate of drug-likeness (QED) is 0.422. The molecular formula is C19H15ClN2O4S2. The molecule has 0 aliphatic carbocycles. The molecule has 1 aliphatic rings. The summed E-state index contributed by atoms with van der Waals surface area (Å²) in [5.74, 6) is -0.375. The van der Waals surface area contributed by atoms with Gasteiger partial charge in [0, 0.05) is 10.6 Å². The molecule has 0 saturated carbocycles. The largest absolute Gasteiger partial charge is 0.506 e. The number of amides is 2. The van der Waals surface area contributed by atoms with E-state index in [0.717, 1.165) is 17.3 Å². The zero-order chi connectivity index (χ0) is 20.3. The second-order valence-electron chi connectivity index (χ2n) is 5.72. The van der Waals surface area contributed by atoms with E-state index in [1.165, 1.54) is 23.1 Å². The van der Waals surface area contributed by atoms with Crippen LogP contribution in [0.4, 0.5) is 5.69 Å². The Morgan fingerprint density at radius 1 is 1.36 bits per heavy atom. The molecule has 28 heavy (non-hydrogen) atoms. The zero-order valence-electron chi connectivity index (χ0n) is 14.6. The van der Waals surface area contributed by atoms with Gasteiger partial charge in [-0.15, -0.1) is 0 Å². The molecule has 0 unspecified atom stereocenters. The van der Waals surface area contributed by atoms with Crippen molar-refractivity contribution in [1.29, 1.82) is 0 Å². The summed E-state index contributed by atoms with van der Waals surface area (Å²) in [4.78, 5) is 26.6. The summed E-state index contributed by atoms with van der Waals surface area (Å²) in [7, 11) is 1.55. The fourth-order valence-electron chi connectivity index (χ4n) is 2.50. The Bertz CT molecular complexity index is 994. The number of para-hydroxylation sites is 1. The number of benzene rings is 2. The van der Waals surface area contributed by atoms with E-state index >= 15 is 0 Å². The third-order valence-corrected chi connectivity index (χ3v) is 5.45. The maximum atomic E-state index is 12.7. The monoisotopic (exact) mass is 434 g/mol. The van der Waals surface area contributed by atoms with Crippen molar-refractivity contribution in [2.75, 3.05) is 19.0 Å². The average Bonchev–Trinajstić information content (AvgIpc) is 2.92. The molecule has 144 valence electrons. The minimum absolute atomic E-state index is 0.126. The number of aromatic hydroxyl groups is 1. The molecule has 2 aromatic carbocycles. The second-order valence-corrected chi connectivity index (χ2v) is 7.83. The lowest BCUT2D eigenvalue weighted by molar-refractivity contribution is -0.126. The van der Waals surface area contributed by atoms with Crippen LogP contribution in [-0.2, 0) is 9.59 Å². The van der Waals surface area contributed by atoms with E-state index in [0.29, 0.717) is 15.7 Å². The minimum Gasteiger partial charge on any atom is -0.506 e. The van der Waals surface area contributed by atoms with Crippen molar-refractivity contribution < 1.29 is 19.4 Å². The predicted molar refractivity (Wildman–Crippen MR) is 115 cm³/mol. The summed E-state index contributed by atoms with van der Waals surface area (Å²) in [6, 6.07) is 11.6. The third-order valence-electron chi connectivity index (χ3n) is 3.83. The number of anilines is 1. The van der Waals surface area contributed by atoms with Crippen molar-refractivity contribution in [3.63, 3.8) is 0 Å². The summed E-state index contributed by atoms with van der Waals surface area (Å²) in [6.45, 7) is -0.278. The molecule has 0 spiro atoms. The SMILES string of the molecule is COc1ccccc1/C=C1\SC(=S)N(CC(=O)Nc2cc(Cl)ccc2O)C1=O. The van der Waals surface area contributed by atoms with E-state index in [1.54, 1.807) is 19.3 Å². The highest BCUT2D eigenvalue weighted by molar-refractivity contribution is 8.26. The highest BCUT2D eigenvalue weighted by atomic mass is 35.5. The number of nitrogens with zero attached hydrogens (tertiary/aromatic N) is 1. The molecule has 1 fully saturated rings. The van der Waals surface area contributed by atoms with Crippen LogP contribution in [0, 0.1) is 0 Å². The van der Waals surface area contributed by atoms with Gasteiger partial charge in [-0.2, -0.15) is 0 Å². The molecule has 0 atom stereocenters. The molecule has 2 aromatic rings. The number of phenolic OH excluding ortho intramolecular Hbond substituents is 1. The van der Waals surface area contributed by atoms with Crippen LogP contribution in [0.2, 0.25) is 5.02 Å². The van der Waals surface area contributed by atoms with Gasteiger partial charge in [0.1, 0.15) is 22.4 Å². The number of rotatable bonds is 5. The van der Waals surface area contributed by atoms with Crippen LogP contribution < -0.4 is 10.1 Å². The van der Waals surface area contributed by atoms with Gasteiger partial charge in [-0.25, -0.2) is 0 Å². The lowest BCUT2D eigenvalue weighted by Crippen LogP contribution is -2.36. The molecule has 1 aliphatic heterocycles. The fraction of sp³-hybridized carbons (Fsp3) is 0.105. The second kappa shape index (κ2) is 8.64. The van der Waals surface area contributed by atoms with Gasteiger partial charge in [-0.05, 0) is 30.3 Å². The van der Waals surface area contributed by atoms with Crippen LogP contribution in [0.3, 0.4) is 0 Å². The Balaban J connectivity index is 1.74. The number of ether oxygens (including phenoxy) is 1. The van der Waals surface area contributed by atoms with E-state index in [9.17, 15) is 14.7 Å². The summed E-state index contributed by atoms with van der Waals surface area (Å²) < 4.78 is 5.56. The fourth-order valence-corrected chi connectivity index (χ4v) is 3.92. The molecule has 0 radical (unpaired) electrons. The van der Waals surface area contributed by atoms with Crippen LogP contribution in [0.1, 0.15) is 5.56 Å². The molecule has 0 aromatic heterocycles. The van der Waals surface area contributed by atoms with Gasteiger partial charge in [0.05, 0.1) is 17.7 Å². The van der Waals surface area contributed by atoms with Gasteiger partial charge < -0.3 is 15.2 Å². The number of carbonyl (C=O) groups is 2. The first-order chi connectivity index (χ1) is 13.4. The number of phenols is 1. The van der Waals surface area contributed by atoms with Crippen molar-refractivity contribution in [1.82, 2.24) is 4.90 Å². The number of hydrogen-bond donors (Lipinski definition) is 2. The molecular weight excluding hydrogens is 420 g/mol. The minimum atomic E-state index is -0.507. The lowest BCUT2D eigenvalue weighted by atomic mass is 10.2. The average molecular weight is 435 g/mol. The van der Waals surface area contributed by atoms with Gasteiger partial charge in [-0.3, -0.25) is 14.5 Å². The molecule has 3 rings (SSSR count). The number of hydrogen-bond acceptors (Lipinski definition) is 6. The lowest BCUT2D eigenvalue weighted by Gasteiger charge is -2.14. The first-order valence-electron chi connectivity index (χ1n) is 8.06. The molecule has 9 heteroatoms. The highest BCUT2D eigenvalue weighted by Gasteiger charge is 2.33. The molecule has 6 nitrogen and oxygen atoms in total. The Morgan fingerprint density at radius 2 is 2.11 bits per heavy atom. The van der Waals surface area contributed by atoms with Crippen LogP contribution in [0.25, 0.3) is 6.08 Å². The Kier molecular flexibility index (Phi) is 6.23. The Hall–Kier alpha value is -2.55. The van der Waals surface area contributed by atoms with Crippen LogP contribution in [-0.4, -0.2) is 39.8 Å². The number of thioether (sulfide) groups is 1. The first kappa shape index (κ1) is 20.2. The number of methoxy groups -OCH3 is 1. The molecule has 1 heterocycles. The summed E-state index contributed by atoms with van der Waals surface area (Å²) in [5.41, 5.74) is 0.895. The van der Waals surface area contributed by atoms with E-state index < -0.39 is 5.91 Å². The zero-order valence-corrected chi connectivity index (χ0v) is 17.0. The standard InChI is InChI=1S/C19H15ClN2O4S2/c1-26-15-5-3-2-4-11(15)8-16-18(25)22(19(27)28-16)10-17(24)21-13-9-12(20)6-7-14(13)23/h2-9,23H,10H2,1H3,(H,21,24)/b16-8-. The van der Waals surface area contributed by atoms with Gasteiger partial charge in [0.15, 0.2) is 0 Å². The van der Waals surface area contributed by atoms with Crippen LogP contribution >= 0.6 is 35.6 Å². The van der Waals surface area contributed by atoms with Crippen molar-refractivity contribution in [2.45, 2.75) is 0 Å². The van der Waals surface area contributed by atoms with Crippen LogP contribution in [0.15, 0.2) is 47.4 Å². The first-order valence-corrected chi connectivity index (χ1v) is 9.66. The van der Waals surface area contributed by atoms with E-state index in [4.69, 9.17) is 28.6 Å². The normalized spacial score (nSPS) is 15.2. The summed E-state index contributed by atoms with van der Waals surface area (Å²) >= 11 is 12.2. The summed E-state index contributed by atoms with van der Waals surface area (Å²) in [5, 5.41) is 12.7. The molecule has 2 amide bonds. The van der Waals surface area contributed by atoms with E-state index in [-0.39, 0.29) is 28.2 Å². The van der Waals surface area contributed by atoms with Crippen LogP contribution in [0.5, 0.6) is 11.5 Å². The van der Waals surface area contributed by atoms with E-state index in [1.807, 2.05) is 18.2 Å². The smallest absolute Gasteiger partial charge is 0.266 e. The van der Waals surface area contributed by atoms with Gasteiger partial charge in [0.2, 0.25) is 5.91 Å². The van der Waals surface area contributed by atoms with Gasteiger partial charge in [0.25, 0.3) is 5.91 Å². The number of carbonyl (C=O) groups excluding carboxylic acids is 2.